The maximum absolute atomic E-state index is 13.8. The van der Waals surface area contributed by atoms with Gasteiger partial charge in [-0.25, -0.2) is 0 Å². The van der Waals surface area contributed by atoms with Crippen LogP contribution in [0.5, 0.6) is 0 Å². The number of pyridine rings is 1. The number of anilines is 1. The van der Waals surface area contributed by atoms with Crippen molar-refractivity contribution in [1.29, 1.82) is 0 Å². The van der Waals surface area contributed by atoms with Crippen LogP contribution in [-0.2, 0) is 18.3 Å². The van der Waals surface area contributed by atoms with Gasteiger partial charge in [0, 0.05) is 35.7 Å². The van der Waals surface area contributed by atoms with Crippen molar-refractivity contribution in [3.05, 3.63) is 108 Å². The SMILES string of the molecule is Cn1cc(CC[C@@H](C(=O)Nc2cccc3cccnc23)N2C(=O)c3ccccc3C2=O)c2ccccc21. The first kappa shape index (κ1) is 22.7. The van der Waals surface area contributed by atoms with Crippen LogP contribution in [0.1, 0.15) is 32.7 Å². The zero-order valence-electron chi connectivity index (χ0n) is 20.2. The molecule has 0 saturated carbocycles. The normalized spacial score (nSPS) is 13.8. The Kier molecular flexibility index (Phi) is 5.53. The number of nitrogens with zero attached hydrogens (tertiary/aromatic N) is 3. The topological polar surface area (TPSA) is 84.3 Å². The number of hydrogen-bond acceptors (Lipinski definition) is 4. The molecule has 1 N–H and O–H groups in total. The van der Waals surface area contributed by atoms with Gasteiger partial charge in [0.25, 0.3) is 11.8 Å². The summed E-state index contributed by atoms with van der Waals surface area (Å²) in [7, 11) is 1.98. The number of carbonyl (C=O) groups is 3. The summed E-state index contributed by atoms with van der Waals surface area (Å²) in [6.07, 6.45) is 4.50. The van der Waals surface area contributed by atoms with E-state index in [1.807, 2.05) is 66.3 Å². The molecule has 0 spiro atoms. The van der Waals surface area contributed by atoms with Gasteiger partial charge in [0.15, 0.2) is 0 Å². The molecular formula is C30H24N4O3. The molecule has 1 aliphatic rings. The number of rotatable bonds is 6. The van der Waals surface area contributed by atoms with Crippen molar-refractivity contribution in [1.82, 2.24) is 14.5 Å². The molecule has 0 fully saturated rings. The second kappa shape index (κ2) is 9.02. The Morgan fingerprint density at radius 3 is 2.38 bits per heavy atom. The molecule has 3 aromatic carbocycles. The highest BCUT2D eigenvalue weighted by Crippen LogP contribution is 2.29. The molecule has 6 rings (SSSR count). The smallest absolute Gasteiger partial charge is 0.262 e. The Hall–Kier alpha value is -4.78. The maximum atomic E-state index is 13.8. The maximum Gasteiger partial charge on any atom is 0.262 e. The van der Waals surface area contributed by atoms with Crippen LogP contribution >= 0.6 is 0 Å². The second-order valence-electron chi connectivity index (χ2n) is 9.23. The van der Waals surface area contributed by atoms with E-state index in [1.54, 1.807) is 36.5 Å². The fourth-order valence-electron chi connectivity index (χ4n) is 5.21. The van der Waals surface area contributed by atoms with Crippen LogP contribution in [0, 0.1) is 0 Å². The van der Waals surface area contributed by atoms with Gasteiger partial charge in [-0.3, -0.25) is 24.3 Å². The van der Waals surface area contributed by atoms with Gasteiger partial charge >= 0.3 is 0 Å². The molecule has 0 unspecified atom stereocenters. The first-order valence-corrected chi connectivity index (χ1v) is 12.2. The molecule has 37 heavy (non-hydrogen) atoms. The molecule has 182 valence electrons. The Morgan fingerprint density at radius 1 is 0.892 bits per heavy atom. The molecule has 7 heteroatoms. The quantitative estimate of drug-likeness (QED) is 0.342. The predicted octanol–water partition coefficient (Wildman–Crippen LogP) is 4.96. The minimum atomic E-state index is -0.995. The minimum Gasteiger partial charge on any atom is -0.350 e. The van der Waals surface area contributed by atoms with Gasteiger partial charge in [-0.15, -0.1) is 0 Å². The zero-order valence-corrected chi connectivity index (χ0v) is 20.2. The highest BCUT2D eigenvalue weighted by Gasteiger charge is 2.42. The van der Waals surface area contributed by atoms with Crippen LogP contribution in [0.15, 0.2) is 91.3 Å². The lowest BCUT2D eigenvalue weighted by Crippen LogP contribution is -2.47. The number of para-hydroxylation sites is 2. The second-order valence-corrected chi connectivity index (χ2v) is 9.23. The minimum absolute atomic E-state index is 0.281. The van der Waals surface area contributed by atoms with Crippen molar-refractivity contribution in [3.8, 4) is 0 Å². The van der Waals surface area contributed by atoms with Crippen LogP contribution in [0.3, 0.4) is 0 Å². The van der Waals surface area contributed by atoms with E-state index in [4.69, 9.17) is 0 Å². The van der Waals surface area contributed by atoms with Gasteiger partial charge in [-0.05, 0) is 48.7 Å². The Morgan fingerprint density at radius 2 is 1.59 bits per heavy atom. The molecule has 1 aliphatic heterocycles. The van der Waals surface area contributed by atoms with Crippen LogP contribution in [0.25, 0.3) is 21.8 Å². The molecule has 2 aromatic heterocycles. The standard InChI is InChI=1S/C30H24N4O3/c1-33-18-20(21-10-4-5-14-25(21)33)15-16-26(34-29(36)22-11-2-3-12-23(22)30(34)37)28(35)32-24-13-6-8-19-9-7-17-31-27(19)24/h2-14,17-18,26H,15-16H2,1H3,(H,32,35)/t26-/m0/s1. The van der Waals surface area contributed by atoms with Crippen molar-refractivity contribution in [2.24, 2.45) is 7.05 Å². The number of nitrogens with one attached hydrogen (secondary N) is 1. The summed E-state index contributed by atoms with van der Waals surface area (Å²) < 4.78 is 2.05. The number of imide groups is 1. The third-order valence-electron chi connectivity index (χ3n) is 7.00. The molecule has 0 bridgehead atoms. The largest absolute Gasteiger partial charge is 0.350 e. The fraction of sp³-hybridized carbons (Fsp3) is 0.133. The van der Waals surface area contributed by atoms with Crippen LogP contribution in [-0.4, -0.2) is 38.2 Å². The van der Waals surface area contributed by atoms with Crippen molar-refractivity contribution >= 4 is 45.2 Å². The van der Waals surface area contributed by atoms with Gasteiger partial charge < -0.3 is 9.88 Å². The van der Waals surface area contributed by atoms with E-state index >= 15 is 0 Å². The summed E-state index contributed by atoms with van der Waals surface area (Å²) in [5.74, 6) is -1.32. The zero-order chi connectivity index (χ0) is 25.5. The number of aromatic nitrogens is 2. The van der Waals surface area contributed by atoms with Gasteiger partial charge in [0.1, 0.15) is 6.04 Å². The molecule has 5 aromatic rings. The van der Waals surface area contributed by atoms with Crippen LogP contribution in [0.2, 0.25) is 0 Å². The molecular weight excluding hydrogens is 464 g/mol. The lowest BCUT2D eigenvalue weighted by atomic mass is 10.0. The van der Waals surface area contributed by atoms with Crippen molar-refractivity contribution in [2.45, 2.75) is 18.9 Å². The number of aryl methyl sites for hydroxylation is 2. The summed E-state index contributed by atoms with van der Waals surface area (Å²) >= 11 is 0. The number of fused-ring (bicyclic) bond motifs is 3. The average molecular weight is 489 g/mol. The van der Waals surface area contributed by atoms with Crippen LogP contribution < -0.4 is 5.32 Å². The lowest BCUT2D eigenvalue weighted by molar-refractivity contribution is -0.120. The van der Waals surface area contributed by atoms with Gasteiger partial charge in [-0.2, -0.15) is 0 Å². The van der Waals surface area contributed by atoms with E-state index in [-0.39, 0.29) is 6.42 Å². The summed E-state index contributed by atoms with van der Waals surface area (Å²) in [5, 5.41) is 4.93. The highest BCUT2D eigenvalue weighted by atomic mass is 16.2. The van der Waals surface area contributed by atoms with E-state index in [2.05, 4.69) is 10.3 Å². The fourth-order valence-corrected chi connectivity index (χ4v) is 5.21. The van der Waals surface area contributed by atoms with Crippen LogP contribution in [0.4, 0.5) is 5.69 Å². The van der Waals surface area contributed by atoms with Crippen molar-refractivity contribution < 1.29 is 14.4 Å². The summed E-state index contributed by atoms with van der Waals surface area (Å²) in [6, 6.07) is 23.0. The third kappa shape index (κ3) is 3.85. The Balaban J connectivity index is 1.36. The molecule has 1 atom stereocenters. The van der Waals surface area contributed by atoms with Gasteiger partial charge in [0.05, 0.1) is 22.3 Å². The number of amides is 3. The van der Waals surface area contributed by atoms with E-state index < -0.39 is 23.8 Å². The van der Waals surface area contributed by atoms with E-state index in [0.717, 1.165) is 26.8 Å². The van der Waals surface area contributed by atoms with E-state index in [9.17, 15) is 14.4 Å². The number of carbonyl (C=O) groups excluding carboxylic acids is 3. The first-order chi connectivity index (χ1) is 18.0. The molecule has 7 nitrogen and oxygen atoms in total. The lowest BCUT2D eigenvalue weighted by Gasteiger charge is -2.25. The van der Waals surface area contributed by atoms with E-state index in [1.165, 1.54) is 0 Å². The van der Waals surface area contributed by atoms with Gasteiger partial charge in [0.2, 0.25) is 5.91 Å². The first-order valence-electron chi connectivity index (χ1n) is 12.2. The van der Waals surface area contributed by atoms with Crippen molar-refractivity contribution in [2.75, 3.05) is 5.32 Å². The molecule has 0 radical (unpaired) electrons. The Labute approximate surface area is 213 Å². The van der Waals surface area contributed by atoms with Gasteiger partial charge in [-0.1, -0.05) is 48.5 Å². The number of hydrogen-bond donors (Lipinski definition) is 1. The molecule has 0 aliphatic carbocycles. The average Bonchev–Trinajstić information content (AvgIpc) is 3.38. The third-order valence-corrected chi connectivity index (χ3v) is 7.00. The highest BCUT2D eigenvalue weighted by molar-refractivity contribution is 6.23. The number of benzene rings is 3. The van der Waals surface area contributed by atoms with Crippen molar-refractivity contribution in [3.63, 3.8) is 0 Å². The summed E-state index contributed by atoms with van der Waals surface area (Å²) in [5.41, 5.74) is 3.97. The molecule has 3 heterocycles. The summed E-state index contributed by atoms with van der Waals surface area (Å²) in [4.78, 5) is 46.0. The predicted molar refractivity (Wildman–Crippen MR) is 142 cm³/mol. The Bertz CT molecular complexity index is 1660. The summed E-state index contributed by atoms with van der Waals surface area (Å²) in [6.45, 7) is 0. The van der Waals surface area contributed by atoms with E-state index in [0.29, 0.717) is 28.8 Å². The molecule has 3 amide bonds. The monoisotopic (exact) mass is 488 g/mol. The molecule has 0 saturated heterocycles.